The average Bonchev–Trinajstić information content (AvgIpc) is 1.41. The van der Waals surface area contributed by atoms with Crippen LogP contribution in [0.5, 0.6) is 0 Å². The van der Waals surface area contributed by atoms with Gasteiger partial charge in [-0.15, -0.1) is 0 Å². The molecule has 0 heterocycles. The normalized spacial score (nSPS) is 10.4. The fraction of sp³-hybridized carbons (Fsp3) is 0. The van der Waals surface area contributed by atoms with Gasteiger partial charge in [-0.25, -0.2) is 13.7 Å². The molecule has 0 bridgehead atoms. The molecule has 0 aliphatic carbocycles. The molecule has 17 heavy (non-hydrogen) atoms. The highest BCUT2D eigenvalue weighted by Crippen LogP contribution is 2.26. The molecule has 3 radical (unpaired) electrons. The summed E-state index contributed by atoms with van der Waals surface area (Å²) in [5, 5.41) is 0. The molecule has 0 atom stereocenters. The predicted molar refractivity (Wildman–Crippen MR) is 52.2 cm³/mol. The summed E-state index contributed by atoms with van der Waals surface area (Å²) in [5.74, 6) is 0. The summed E-state index contributed by atoms with van der Waals surface area (Å²) in [6.45, 7) is 0. The topological polar surface area (TPSA) is 265 Å². The summed E-state index contributed by atoms with van der Waals surface area (Å²) in [4.78, 5) is 64.7. The molecular weight excluding hydrogens is 328 g/mol. The molecular formula is H11AlO13P3. The standard InChI is InChI=1S/Al.3H3O4P.H2O/c;3*1-5(2,3)4;/h;3*(H3,1,2,3,4);1H2. The van der Waals surface area contributed by atoms with Gasteiger partial charge < -0.3 is 49.5 Å². The number of rotatable bonds is 0. The Kier molecular flexibility index (Phi) is 21.5. The first-order valence-electron chi connectivity index (χ1n) is 2.35. The van der Waals surface area contributed by atoms with Crippen LogP contribution in [0.4, 0.5) is 0 Å². The molecule has 11 N–H and O–H groups in total. The van der Waals surface area contributed by atoms with Crippen molar-refractivity contribution in [3.05, 3.63) is 0 Å². The van der Waals surface area contributed by atoms with Gasteiger partial charge in [0.05, 0.1) is 0 Å². The minimum absolute atomic E-state index is 0. The molecule has 0 spiro atoms. The lowest BCUT2D eigenvalue weighted by Gasteiger charge is -1.82. The molecule has 0 saturated heterocycles. The van der Waals surface area contributed by atoms with E-state index in [1.54, 1.807) is 0 Å². The molecule has 0 unspecified atom stereocenters. The number of hydrogen-bond acceptors (Lipinski definition) is 3. The van der Waals surface area contributed by atoms with E-state index in [0.717, 1.165) is 0 Å². The minimum atomic E-state index is -4.64. The predicted octanol–water partition coefficient (Wildman–Crippen LogP) is -3.99. The molecule has 0 aliphatic rings. The van der Waals surface area contributed by atoms with Crippen LogP contribution >= 0.6 is 23.5 Å². The Bertz CT molecular complexity index is 203. The maximum atomic E-state index is 8.88. The molecule has 0 amide bonds. The zero-order chi connectivity index (χ0) is 13.5. The fourth-order valence-corrected chi connectivity index (χ4v) is 0. The third-order valence-electron chi connectivity index (χ3n) is 0. The van der Waals surface area contributed by atoms with E-state index in [2.05, 4.69) is 0 Å². The fourth-order valence-electron chi connectivity index (χ4n) is 0. The van der Waals surface area contributed by atoms with Crippen LogP contribution in [0.25, 0.3) is 0 Å². The highest BCUT2D eigenvalue weighted by atomic mass is 31.2. The van der Waals surface area contributed by atoms with Crippen LogP contribution < -0.4 is 0 Å². The van der Waals surface area contributed by atoms with E-state index in [4.69, 9.17) is 57.7 Å². The molecule has 13 nitrogen and oxygen atoms in total. The van der Waals surface area contributed by atoms with Crippen LogP contribution in [0, 0.1) is 0 Å². The Morgan fingerprint density at radius 3 is 0.471 bits per heavy atom. The maximum Gasteiger partial charge on any atom is 0.466 e. The molecule has 0 aromatic rings. The van der Waals surface area contributed by atoms with Gasteiger partial charge in [-0.1, -0.05) is 0 Å². The van der Waals surface area contributed by atoms with Crippen molar-refractivity contribution < 1.29 is 63.2 Å². The van der Waals surface area contributed by atoms with E-state index >= 15 is 0 Å². The van der Waals surface area contributed by atoms with Crippen molar-refractivity contribution in [1.29, 1.82) is 0 Å². The lowest BCUT2D eigenvalue weighted by molar-refractivity contribution is 0.272. The van der Waals surface area contributed by atoms with Crippen LogP contribution in [0.3, 0.4) is 0 Å². The first kappa shape index (κ1) is 30.7. The zero-order valence-corrected chi connectivity index (χ0v) is 11.5. The summed E-state index contributed by atoms with van der Waals surface area (Å²) in [7, 11) is -13.9. The smallest absolute Gasteiger partial charge is 0.412 e. The van der Waals surface area contributed by atoms with E-state index in [1.165, 1.54) is 0 Å². The van der Waals surface area contributed by atoms with Gasteiger partial charge in [0, 0.05) is 17.4 Å². The van der Waals surface area contributed by atoms with E-state index < -0.39 is 23.5 Å². The SMILES string of the molecule is O.O=P(O)(O)O.O=P(O)(O)O.O=P(O)(O)O.[Al]. The summed E-state index contributed by atoms with van der Waals surface area (Å²) in [5.41, 5.74) is 0. The van der Waals surface area contributed by atoms with E-state index in [-0.39, 0.29) is 22.8 Å². The first-order valence-corrected chi connectivity index (χ1v) is 7.04. The van der Waals surface area contributed by atoms with Crippen molar-refractivity contribution in [2.24, 2.45) is 0 Å². The molecule has 17 heteroatoms. The molecule has 0 fully saturated rings. The maximum absolute atomic E-state index is 8.88. The second-order valence-corrected chi connectivity index (χ2v) is 4.62. The van der Waals surface area contributed by atoms with Gasteiger partial charge in [-0.05, 0) is 0 Å². The molecule has 0 aromatic heterocycles. The Morgan fingerprint density at radius 1 is 0.471 bits per heavy atom. The molecule has 107 valence electrons. The molecule has 0 aliphatic heterocycles. The monoisotopic (exact) mass is 339 g/mol. The van der Waals surface area contributed by atoms with E-state index in [9.17, 15) is 0 Å². The quantitative estimate of drug-likeness (QED) is 0.151. The van der Waals surface area contributed by atoms with Gasteiger partial charge in [-0.2, -0.15) is 0 Å². The molecule has 0 aromatic carbocycles. The Balaban J connectivity index is -0.0000000400. The van der Waals surface area contributed by atoms with Crippen LogP contribution in [0.2, 0.25) is 0 Å². The first-order chi connectivity index (χ1) is 6.00. The van der Waals surface area contributed by atoms with Crippen molar-refractivity contribution in [2.45, 2.75) is 0 Å². The van der Waals surface area contributed by atoms with E-state index in [0.29, 0.717) is 0 Å². The van der Waals surface area contributed by atoms with Gasteiger partial charge in [0.15, 0.2) is 0 Å². The van der Waals surface area contributed by atoms with Crippen molar-refractivity contribution in [2.75, 3.05) is 0 Å². The third-order valence-corrected chi connectivity index (χ3v) is 0. The lowest BCUT2D eigenvalue weighted by Crippen LogP contribution is -1.66. The lowest BCUT2D eigenvalue weighted by atomic mass is 15.8. The molecule has 0 rings (SSSR count). The third kappa shape index (κ3) is 5460. The van der Waals surface area contributed by atoms with Crippen LogP contribution in [0.15, 0.2) is 0 Å². The van der Waals surface area contributed by atoms with Gasteiger partial charge in [0.2, 0.25) is 0 Å². The van der Waals surface area contributed by atoms with Gasteiger partial charge >= 0.3 is 23.5 Å². The van der Waals surface area contributed by atoms with Gasteiger partial charge in [0.1, 0.15) is 0 Å². The van der Waals surface area contributed by atoms with Crippen LogP contribution in [0.1, 0.15) is 0 Å². The highest BCUT2D eigenvalue weighted by molar-refractivity contribution is 7.45. The summed E-state index contributed by atoms with van der Waals surface area (Å²) in [6.07, 6.45) is 0. The molecule has 0 saturated carbocycles. The van der Waals surface area contributed by atoms with E-state index in [1.807, 2.05) is 0 Å². The summed E-state index contributed by atoms with van der Waals surface area (Å²) in [6, 6.07) is 0. The highest BCUT2D eigenvalue weighted by Gasteiger charge is 2.01. The average molecular weight is 339 g/mol. The van der Waals surface area contributed by atoms with Crippen molar-refractivity contribution in [1.82, 2.24) is 0 Å². The van der Waals surface area contributed by atoms with Gasteiger partial charge in [0.25, 0.3) is 0 Å². The van der Waals surface area contributed by atoms with Crippen LogP contribution in [-0.4, -0.2) is 66.9 Å². The van der Waals surface area contributed by atoms with Crippen molar-refractivity contribution >= 4 is 40.8 Å². The summed E-state index contributed by atoms with van der Waals surface area (Å²) < 4.78 is 26.6. The number of hydrogen-bond donors (Lipinski definition) is 9. The summed E-state index contributed by atoms with van der Waals surface area (Å²) >= 11 is 0. The largest absolute Gasteiger partial charge is 0.466 e. The van der Waals surface area contributed by atoms with Crippen molar-refractivity contribution in [3.8, 4) is 0 Å². The Hall–Kier alpha value is 0.822. The zero-order valence-electron chi connectivity index (χ0n) is 7.67. The second kappa shape index (κ2) is 11.9. The van der Waals surface area contributed by atoms with Crippen molar-refractivity contribution in [3.63, 3.8) is 0 Å². The Morgan fingerprint density at radius 2 is 0.471 bits per heavy atom. The van der Waals surface area contributed by atoms with Gasteiger partial charge in [-0.3, -0.25) is 0 Å². The second-order valence-electron chi connectivity index (χ2n) is 1.54. The Labute approximate surface area is 105 Å². The minimum Gasteiger partial charge on any atom is -0.412 e. The van der Waals surface area contributed by atoms with Crippen LogP contribution in [-0.2, 0) is 13.7 Å². The number of phosphoric acid groups is 3.